The third-order valence-electron chi connectivity index (χ3n) is 4.06. The maximum atomic E-state index is 10.8. The Bertz CT molecular complexity index is 467. The first-order chi connectivity index (χ1) is 9.70. The first kappa shape index (κ1) is 14.0. The molecule has 20 heavy (non-hydrogen) atoms. The predicted octanol–water partition coefficient (Wildman–Crippen LogP) is 2.62. The van der Waals surface area contributed by atoms with E-state index in [-0.39, 0.29) is 9.92 Å². The summed E-state index contributed by atoms with van der Waals surface area (Å²) in [7, 11) is 0. The van der Waals surface area contributed by atoms with Gasteiger partial charge in [0, 0.05) is 36.6 Å². The van der Waals surface area contributed by atoms with Crippen molar-refractivity contribution in [2.75, 3.05) is 19.6 Å². The smallest absolute Gasteiger partial charge is 0.313 e. The molecule has 6 heteroatoms. The lowest BCUT2D eigenvalue weighted by molar-refractivity contribution is -0.380. The number of thiophene rings is 1. The minimum atomic E-state index is -0.294. The lowest BCUT2D eigenvalue weighted by atomic mass is 10.2. The van der Waals surface area contributed by atoms with Crippen molar-refractivity contribution in [2.24, 2.45) is 5.92 Å². The van der Waals surface area contributed by atoms with E-state index < -0.39 is 0 Å². The molecular weight excluding hydrogens is 274 g/mol. The highest BCUT2D eigenvalue weighted by molar-refractivity contribution is 7.15. The van der Waals surface area contributed by atoms with Gasteiger partial charge in [-0.15, -0.1) is 0 Å². The molecule has 0 amide bonds. The lowest BCUT2D eigenvalue weighted by Crippen LogP contribution is -2.38. The van der Waals surface area contributed by atoms with Crippen LogP contribution in [0.2, 0.25) is 0 Å². The van der Waals surface area contributed by atoms with E-state index >= 15 is 0 Å². The van der Waals surface area contributed by atoms with Crippen molar-refractivity contribution in [2.45, 2.75) is 38.3 Å². The second kappa shape index (κ2) is 6.20. The zero-order chi connectivity index (χ0) is 13.9. The summed E-state index contributed by atoms with van der Waals surface area (Å²) in [5.41, 5.74) is 0. The van der Waals surface area contributed by atoms with Gasteiger partial charge in [0.25, 0.3) is 0 Å². The summed E-state index contributed by atoms with van der Waals surface area (Å²) in [6, 6.07) is 4.14. The number of hydrogen-bond acceptors (Lipinski definition) is 5. The average molecular weight is 295 g/mol. The van der Waals surface area contributed by atoms with Gasteiger partial charge in [-0.2, -0.15) is 0 Å². The molecule has 1 N–H and O–H groups in total. The zero-order valence-corrected chi connectivity index (χ0v) is 12.4. The van der Waals surface area contributed by atoms with Crippen LogP contribution in [-0.2, 0) is 6.54 Å². The molecule has 0 spiro atoms. The van der Waals surface area contributed by atoms with Gasteiger partial charge in [-0.25, -0.2) is 0 Å². The van der Waals surface area contributed by atoms with E-state index in [1.165, 1.54) is 37.0 Å². The summed E-state index contributed by atoms with van der Waals surface area (Å²) >= 11 is 1.31. The van der Waals surface area contributed by atoms with Gasteiger partial charge in [-0.3, -0.25) is 15.0 Å². The molecule has 2 heterocycles. The van der Waals surface area contributed by atoms with Gasteiger partial charge >= 0.3 is 5.00 Å². The summed E-state index contributed by atoms with van der Waals surface area (Å²) in [6.07, 6.45) is 5.22. The standard InChI is InChI=1S/C14H21N3O2S/c18-17(19)14-6-5-13(20-14)10-16(8-11-3-4-11)9-12-2-1-7-15-12/h5-6,11-12,15H,1-4,7-10H2. The van der Waals surface area contributed by atoms with Crippen LogP contribution in [0.3, 0.4) is 0 Å². The Hall–Kier alpha value is -0.980. The van der Waals surface area contributed by atoms with Gasteiger partial charge < -0.3 is 5.32 Å². The van der Waals surface area contributed by atoms with Crippen LogP contribution >= 0.6 is 11.3 Å². The number of nitrogens with one attached hydrogen (secondary N) is 1. The summed E-state index contributed by atoms with van der Waals surface area (Å²) < 4.78 is 0. The molecule has 2 aliphatic rings. The molecule has 1 saturated carbocycles. The maximum absolute atomic E-state index is 10.8. The van der Waals surface area contributed by atoms with Crippen LogP contribution < -0.4 is 5.32 Å². The minimum absolute atomic E-state index is 0.255. The normalized spacial score (nSPS) is 22.6. The van der Waals surface area contributed by atoms with Gasteiger partial charge in [-0.05, 0) is 44.2 Å². The molecule has 1 aliphatic carbocycles. The fraction of sp³-hybridized carbons (Fsp3) is 0.714. The number of nitro groups is 1. The van der Waals surface area contributed by atoms with E-state index in [1.807, 2.05) is 6.07 Å². The van der Waals surface area contributed by atoms with E-state index in [0.717, 1.165) is 37.0 Å². The van der Waals surface area contributed by atoms with Gasteiger partial charge in [0.05, 0.1) is 4.92 Å². The summed E-state index contributed by atoms with van der Waals surface area (Å²) in [4.78, 5) is 14.1. The molecule has 1 aromatic rings. The third-order valence-corrected chi connectivity index (χ3v) is 5.08. The van der Waals surface area contributed by atoms with E-state index in [0.29, 0.717) is 6.04 Å². The fourth-order valence-corrected chi connectivity index (χ4v) is 3.73. The van der Waals surface area contributed by atoms with Gasteiger partial charge in [0.2, 0.25) is 0 Å². The highest BCUT2D eigenvalue weighted by Gasteiger charge is 2.27. The van der Waals surface area contributed by atoms with Crippen LogP contribution in [0.1, 0.15) is 30.6 Å². The van der Waals surface area contributed by atoms with Crippen LogP contribution in [0, 0.1) is 16.0 Å². The molecule has 1 saturated heterocycles. The van der Waals surface area contributed by atoms with Crippen molar-refractivity contribution in [1.82, 2.24) is 10.2 Å². The Morgan fingerprint density at radius 3 is 2.80 bits per heavy atom. The molecule has 1 unspecified atom stereocenters. The molecule has 3 rings (SSSR count). The van der Waals surface area contributed by atoms with Gasteiger partial charge in [-0.1, -0.05) is 11.3 Å². The monoisotopic (exact) mass is 295 g/mol. The number of rotatable bonds is 7. The fourth-order valence-electron chi connectivity index (χ4n) is 2.86. The molecule has 1 aliphatic heterocycles. The molecular formula is C14H21N3O2S. The first-order valence-electron chi connectivity index (χ1n) is 7.39. The molecule has 0 bridgehead atoms. The van der Waals surface area contributed by atoms with Crippen LogP contribution in [0.15, 0.2) is 12.1 Å². The van der Waals surface area contributed by atoms with Crippen molar-refractivity contribution in [3.63, 3.8) is 0 Å². The Labute approximate surface area is 123 Å². The van der Waals surface area contributed by atoms with E-state index in [1.54, 1.807) is 6.07 Å². The minimum Gasteiger partial charge on any atom is -0.313 e. The van der Waals surface area contributed by atoms with E-state index in [9.17, 15) is 10.1 Å². The molecule has 2 fully saturated rings. The second-order valence-corrected chi connectivity index (χ2v) is 7.07. The van der Waals surface area contributed by atoms with Crippen LogP contribution in [0.25, 0.3) is 0 Å². The van der Waals surface area contributed by atoms with Gasteiger partial charge in [0.1, 0.15) is 0 Å². The highest BCUT2D eigenvalue weighted by Crippen LogP contribution is 2.31. The second-order valence-electron chi connectivity index (χ2n) is 5.93. The van der Waals surface area contributed by atoms with Crippen LogP contribution in [-0.4, -0.2) is 35.5 Å². The highest BCUT2D eigenvalue weighted by atomic mass is 32.1. The van der Waals surface area contributed by atoms with Crippen molar-refractivity contribution in [3.05, 3.63) is 27.1 Å². The molecule has 1 aromatic heterocycles. The molecule has 110 valence electrons. The quantitative estimate of drug-likeness (QED) is 0.620. The SMILES string of the molecule is O=[N+]([O-])c1ccc(CN(CC2CC2)CC2CCCN2)s1. The van der Waals surface area contributed by atoms with Crippen molar-refractivity contribution < 1.29 is 4.92 Å². The van der Waals surface area contributed by atoms with E-state index in [4.69, 9.17) is 0 Å². The first-order valence-corrected chi connectivity index (χ1v) is 8.21. The maximum Gasteiger partial charge on any atom is 0.324 e. The summed E-state index contributed by atoms with van der Waals surface area (Å²) in [6.45, 7) is 4.20. The van der Waals surface area contributed by atoms with Crippen LogP contribution in [0.4, 0.5) is 5.00 Å². The van der Waals surface area contributed by atoms with Crippen molar-refractivity contribution >= 4 is 16.3 Å². The third kappa shape index (κ3) is 3.77. The van der Waals surface area contributed by atoms with Gasteiger partial charge in [0.15, 0.2) is 0 Å². The Balaban J connectivity index is 1.59. The Morgan fingerprint density at radius 2 is 2.20 bits per heavy atom. The Morgan fingerprint density at radius 1 is 1.35 bits per heavy atom. The molecule has 1 atom stereocenters. The van der Waals surface area contributed by atoms with E-state index in [2.05, 4.69) is 10.2 Å². The van der Waals surface area contributed by atoms with Crippen molar-refractivity contribution in [3.8, 4) is 0 Å². The molecule has 5 nitrogen and oxygen atoms in total. The zero-order valence-electron chi connectivity index (χ0n) is 11.6. The van der Waals surface area contributed by atoms with Crippen molar-refractivity contribution in [1.29, 1.82) is 0 Å². The number of hydrogen-bond donors (Lipinski definition) is 1. The molecule has 0 aromatic carbocycles. The largest absolute Gasteiger partial charge is 0.324 e. The predicted molar refractivity (Wildman–Crippen MR) is 80.0 cm³/mol. The number of nitrogens with zero attached hydrogens (tertiary/aromatic N) is 2. The summed E-state index contributed by atoms with van der Waals surface area (Å²) in [5, 5.41) is 14.6. The molecule has 0 radical (unpaired) electrons. The summed E-state index contributed by atoms with van der Waals surface area (Å²) in [5.74, 6) is 0.853. The topological polar surface area (TPSA) is 58.4 Å². The Kier molecular flexibility index (Phi) is 4.33. The van der Waals surface area contributed by atoms with Crippen LogP contribution in [0.5, 0.6) is 0 Å². The lowest BCUT2D eigenvalue weighted by Gasteiger charge is -2.25. The average Bonchev–Trinajstić information content (AvgIpc) is 2.91.